The van der Waals surface area contributed by atoms with Gasteiger partial charge in [-0.25, -0.2) is 8.42 Å². The van der Waals surface area contributed by atoms with Crippen molar-refractivity contribution in [2.24, 2.45) is 0 Å². The number of ether oxygens (including phenoxy) is 1. The lowest BCUT2D eigenvalue weighted by Gasteiger charge is -2.25. The third-order valence-electron chi connectivity index (χ3n) is 2.66. The predicted octanol–water partition coefficient (Wildman–Crippen LogP) is 2.66. The van der Waals surface area contributed by atoms with Gasteiger partial charge in [-0.2, -0.15) is 8.78 Å². The van der Waals surface area contributed by atoms with Gasteiger partial charge >= 0.3 is 6.61 Å². The van der Waals surface area contributed by atoms with E-state index in [0.29, 0.717) is 13.0 Å². The summed E-state index contributed by atoms with van der Waals surface area (Å²) < 4.78 is 53.7. The first kappa shape index (κ1) is 15.4. The van der Waals surface area contributed by atoms with Crippen LogP contribution in [0, 0.1) is 0 Å². The molecule has 2 rings (SSSR count). The van der Waals surface area contributed by atoms with E-state index in [0.717, 1.165) is 29.1 Å². The minimum Gasteiger partial charge on any atom is -0.433 e. The van der Waals surface area contributed by atoms with Gasteiger partial charge in [-0.3, -0.25) is 4.84 Å². The highest BCUT2D eigenvalue weighted by Gasteiger charge is 2.28. The molecule has 0 amide bonds. The van der Waals surface area contributed by atoms with Crippen LogP contribution in [0.2, 0.25) is 5.02 Å². The van der Waals surface area contributed by atoms with E-state index >= 15 is 0 Å². The molecule has 0 bridgehead atoms. The van der Waals surface area contributed by atoms with E-state index in [2.05, 4.69) is 4.74 Å². The smallest absolute Gasteiger partial charge is 0.387 e. The van der Waals surface area contributed by atoms with Gasteiger partial charge in [0.1, 0.15) is 5.75 Å². The SMILES string of the molecule is O=S(=O)(c1ccc(OC(F)F)c(Cl)c1)N1CCCCO1. The van der Waals surface area contributed by atoms with Crippen molar-refractivity contribution in [3.63, 3.8) is 0 Å². The molecular formula is C11H12ClF2NO4S. The van der Waals surface area contributed by atoms with Crippen molar-refractivity contribution >= 4 is 21.6 Å². The van der Waals surface area contributed by atoms with Gasteiger partial charge in [0.2, 0.25) is 0 Å². The third kappa shape index (κ3) is 3.38. The number of hydrogen-bond donors (Lipinski definition) is 0. The van der Waals surface area contributed by atoms with Gasteiger partial charge < -0.3 is 4.74 Å². The molecule has 1 aromatic rings. The molecule has 0 saturated carbocycles. The summed E-state index contributed by atoms with van der Waals surface area (Å²) in [7, 11) is -3.85. The van der Waals surface area contributed by atoms with Gasteiger partial charge in [0.05, 0.1) is 16.5 Å². The second kappa shape index (κ2) is 6.21. The maximum Gasteiger partial charge on any atom is 0.387 e. The molecule has 0 unspecified atom stereocenters. The van der Waals surface area contributed by atoms with Crippen molar-refractivity contribution in [1.29, 1.82) is 0 Å². The van der Waals surface area contributed by atoms with Gasteiger partial charge in [0.15, 0.2) is 0 Å². The van der Waals surface area contributed by atoms with Crippen LogP contribution in [0.15, 0.2) is 23.1 Å². The predicted molar refractivity (Wildman–Crippen MR) is 67.2 cm³/mol. The van der Waals surface area contributed by atoms with Gasteiger partial charge in [-0.15, -0.1) is 0 Å². The van der Waals surface area contributed by atoms with Gasteiger partial charge in [0.25, 0.3) is 10.0 Å². The quantitative estimate of drug-likeness (QED) is 0.853. The Morgan fingerprint density at radius 1 is 1.35 bits per heavy atom. The molecule has 0 aliphatic carbocycles. The molecule has 1 saturated heterocycles. The van der Waals surface area contributed by atoms with Crippen LogP contribution in [0.25, 0.3) is 0 Å². The fourth-order valence-electron chi connectivity index (χ4n) is 1.71. The summed E-state index contributed by atoms with van der Waals surface area (Å²) in [5, 5.41) is -0.205. The van der Waals surface area contributed by atoms with Crippen LogP contribution in [-0.4, -0.2) is 32.6 Å². The molecule has 0 atom stereocenters. The minimum absolute atomic E-state index is 0.133. The van der Waals surface area contributed by atoms with E-state index < -0.39 is 16.6 Å². The molecule has 0 aromatic heterocycles. The molecule has 1 fully saturated rings. The van der Waals surface area contributed by atoms with Gasteiger partial charge in [0, 0.05) is 6.54 Å². The average molecular weight is 328 g/mol. The van der Waals surface area contributed by atoms with E-state index in [9.17, 15) is 17.2 Å². The summed E-state index contributed by atoms with van der Waals surface area (Å²) in [5.41, 5.74) is 0. The number of hydrogen-bond acceptors (Lipinski definition) is 4. The van der Waals surface area contributed by atoms with Gasteiger partial charge in [-0.1, -0.05) is 16.1 Å². The second-order valence-electron chi connectivity index (χ2n) is 4.04. The zero-order chi connectivity index (χ0) is 14.8. The number of benzene rings is 1. The fourth-order valence-corrected chi connectivity index (χ4v) is 3.33. The van der Waals surface area contributed by atoms with Crippen LogP contribution in [0.3, 0.4) is 0 Å². The second-order valence-corrected chi connectivity index (χ2v) is 6.28. The molecule has 1 aromatic carbocycles. The Balaban J connectivity index is 2.26. The number of hydroxylamine groups is 1. The average Bonchev–Trinajstić information content (AvgIpc) is 2.41. The summed E-state index contributed by atoms with van der Waals surface area (Å²) in [4.78, 5) is 4.95. The van der Waals surface area contributed by atoms with Crippen LogP contribution in [0.4, 0.5) is 8.78 Å². The molecule has 1 heterocycles. The molecule has 0 radical (unpaired) electrons. The van der Waals surface area contributed by atoms with Crippen molar-refractivity contribution in [3.05, 3.63) is 23.2 Å². The molecule has 0 spiro atoms. The van der Waals surface area contributed by atoms with Crippen molar-refractivity contribution in [1.82, 2.24) is 4.47 Å². The van der Waals surface area contributed by atoms with Crippen LogP contribution in [0.5, 0.6) is 5.75 Å². The number of nitrogens with zero attached hydrogens (tertiary/aromatic N) is 1. The zero-order valence-corrected chi connectivity index (χ0v) is 11.8. The Kier molecular flexibility index (Phi) is 4.79. The zero-order valence-electron chi connectivity index (χ0n) is 10.3. The summed E-state index contributed by atoms with van der Waals surface area (Å²) in [6.07, 6.45) is 1.48. The van der Waals surface area contributed by atoms with Crippen molar-refractivity contribution in [2.75, 3.05) is 13.2 Å². The lowest BCUT2D eigenvalue weighted by atomic mass is 10.3. The van der Waals surface area contributed by atoms with Gasteiger partial charge in [-0.05, 0) is 31.0 Å². The number of rotatable bonds is 4. The van der Waals surface area contributed by atoms with Crippen LogP contribution < -0.4 is 4.74 Å². The van der Waals surface area contributed by atoms with Crippen molar-refractivity contribution < 1.29 is 26.8 Å². The van der Waals surface area contributed by atoms with E-state index in [-0.39, 0.29) is 22.2 Å². The maximum absolute atomic E-state index is 12.2. The van der Waals surface area contributed by atoms with E-state index in [1.165, 1.54) is 0 Å². The largest absolute Gasteiger partial charge is 0.433 e. The van der Waals surface area contributed by atoms with Crippen LogP contribution >= 0.6 is 11.6 Å². The maximum atomic E-state index is 12.2. The van der Waals surface area contributed by atoms with Crippen LogP contribution in [0.1, 0.15) is 12.8 Å². The Morgan fingerprint density at radius 2 is 2.10 bits per heavy atom. The normalized spacial score (nSPS) is 17.4. The molecule has 5 nitrogen and oxygen atoms in total. The Morgan fingerprint density at radius 3 is 2.65 bits per heavy atom. The minimum atomic E-state index is -3.85. The highest BCUT2D eigenvalue weighted by Crippen LogP contribution is 2.30. The van der Waals surface area contributed by atoms with Crippen molar-refractivity contribution in [3.8, 4) is 5.75 Å². The highest BCUT2D eigenvalue weighted by atomic mass is 35.5. The summed E-state index contributed by atoms with van der Waals surface area (Å²) in [5.74, 6) is -0.278. The summed E-state index contributed by atoms with van der Waals surface area (Å²) in [6, 6.07) is 3.30. The van der Waals surface area contributed by atoms with Crippen LogP contribution in [-0.2, 0) is 14.9 Å². The number of sulfonamides is 1. The monoisotopic (exact) mass is 327 g/mol. The molecule has 112 valence electrons. The Labute approximate surface area is 120 Å². The molecule has 0 N–H and O–H groups in total. The Hall–Kier alpha value is -0.960. The third-order valence-corrected chi connectivity index (χ3v) is 4.62. The molecular weight excluding hydrogens is 316 g/mol. The standard InChI is InChI=1S/C11H12ClF2NO4S/c12-9-7-8(3-4-10(9)19-11(13)14)20(16,17)15-5-1-2-6-18-15/h3-4,7,11H,1-2,5-6H2. The molecule has 1 aliphatic rings. The van der Waals surface area contributed by atoms with Crippen molar-refractivity contribution in [2.45, 2.75) is 24.3 Å². The lowest BCUT2D eigenvalue weighted by Crippen LogP contribution is -2.35. The molecule has 1 aliphatic heterocycles. The van der Waals surface area contributed by atoms with E-state index in [1.54, 1.807) is 0 Å². The number of halogens is 3. The first-order valence-corrected chi connectivity index (χ1v) is 7.63. The highest BCUT2D eigenvalue weighted by molar-refractivity contribution is 7.89. The fraction of sp³-hybridized carbons (Fsp3) is 0.455. The summed E-state index contributed by atoms with van der Waals surface area (Å²) >= 11 is 5.74. The van der Waals surface area contributed by atoms with E-state index in [4.69, 9.17) is 16.4 Å². The first-order chi connectivity index (χ1) is 9.41. The molecule has 20 heavy (non-hydrogen) atoms. The lowest BCUT2D eigenvalue weighted by molar-refractivity contribution is -0.108. The first-order valence-electron chi connectivity index (χ1n) is 5.81. The number of alkyl halides is 2. The summed E-state index contributed by atoms with van der Waals surface area (Å²) in [6.45, 7) is -2.46. The van der Waals surface area contributed by atoms with E-state index in [1.807, 2.05) is 0 Å². The topological polar surface area (TPSA) is 55.8 Å². The molecule has 9 heteroatoms. The Bertz CT molecular complexity index is 576.